The van der Waals surface area contributed by atoms with Gasteiger partial charge in [0.1, 0.15) is 12.4 Å². The van der Waals surface area contributed by atoms with Gasteiger partial charge >= 0.3 is 5.97 Å². The Balaban J connectivity index is 1.20. The van der Waals surface area contributed by atoms with Crippen LogP contribution in [0.2, 0.25) is 0 Å². The number of hydrogen-bond acceptors (Lipinski definition) is 6. The molecule has 4 aromatic rings. The summed E-state index contributed by atoms with van der Waals surface area (Å²) in [5.41, 5.74) is 4.61. The van der Waals surface area contributed by atoms with Crippen LogP contribution in [0, 0.1) is 0 Å². The summed E-state index contributed by atoms with van der Waals surface area (Å²) in [6, 6.07) is 21.7. The molecule has 0 unspecified atom stereocenters. The van der Waals surface area contributed by atoms with Crippen LogP contribution in [0.4, 0.5) is 0 Å². The van der Waals surface area contributed by atoms with Crippen molar-refractivity contribution >= 4 is 17.0 Å². The summed E-state index contributed by atoms with van der Waals surface area (Å²) >= 11 is 0. The highest BCUT2D eigenvalue weighted by Crippen LogP contribution is 2.29. The predicted molar refractivity (Wildman–Crippen MR) is 134 cm³/mol. The number of aromatic nitrogens is 3. The van der Waals surface area contributed by atoms with Crippen molar-refractivity contribution in [3.05, 3.63) is 89.4 Å². The molecular formula is C28H30N4O3. The lowest BCUT2D eigenvalue weighted by molar-refractivity contribution is 0.0601. The maximum Gasteiger partial charge on any atom is 0.337 e. The van der Waals surface area contributed by atoms with E-state index in [9.17, 15) is 4.79 Å². The second-order valence-corrected chi connectivity index (χ2v) is 9.01. The molecule has 2 aromatic carbocycles. The molecule has 1 aliphatic rings. The quantitative estimate of drug-likeness (QED) is 0.364. The first kappa shape index (κ1) is 23.1. The molecule has 0 saturated carbocycles. The molecule has 1 aliphatic heterocycles. The third-order valence-corrected chi connectivity index (χ3v) is 6.74. The van der Waals surface area contributed by atoms with Crippen LogP contribution >= 0.6 is 0 Å². The number of rotatable bonds is 7. The summed E-state index contributed by atoms with van der Waals surface area (Å²) in [6.07, 6.45) is 2.09. The highest BCUT2D eigenvalue weighted by Gasteiger charge is 2.23. The standard InChI is InChI=1S/C28H30N4O3/c1-31-25-17-22(28(33)34-2)11-12-24(25)29-26(31)18-32-15-13-21(14-16-32)23-9-6-10-27(30-23)35-19-20-7-4-3-5-8-20/h3-12,17,21H,13-16,18-19H2,1-2H3. The van der Waals surface area contributed by atoms with E-state index in [1.807, 2.05) is 49.5 Å². The molecule has 0 spiro atoms. The summed E-state index contributed by atoms with van der Waals surface area (Å²) in [4.78, 5) is 23.9. The normalized spacial score (nSPS) is 14.8. The molecule has 0 atom stereocenters. The monoisotopic (exact) mass is 470 g/mol. The first-order chi connectivity index (χ1) is 17.1. The van der Waals surface area contributed by atoms with Crippen molar-refractivity contribution in [3.8, 4) is 5.88 Å². The van der Waals surface area contributed by atoms with Gasteiger partial charge in [-0.25, -0.2) is 14.8 Å². The summed E-state index contributed by atoms with van der Waals surface area (Å²) in [6.45, 7) is 3.27. The molecule has 0 bridgehead atoms. The second kappa shape index (κ2) is 10.3. The van der Waals surface area contributed by atoms with E-state index < -0.39 is 0 Å². The van der Waals surface area contributed by atoms with E-state index in [1.54, 1.807) is 6.07 Å². The number of imidazole rings is 1. The molecule has 180 valence electrons. The van der Waals surface area contributed by atoms with Crippen molar-refractivity contribution in [2.45, 2.75) is 31.9 Å². The smallest absolute Gasteiger partial charge is 0.337 e. The van der Waals surface area contributed by atoms with E-state index in [0.29, 0.717) is 24.0 Å². The minimum absolute atomic E-state index is 0.333. The van der Waals surface area contributed by atoms with Crippen molar-refractivity contribution in [1.29, 1.82) is 0 Å². The molecule has 0 aliphatic carbocycles. The van der Waals surface area contributed by atoms with E-state index >= 15 is 0 Å². The number of nitrogens with zero attached hydrogens (tertiary/aromatic N) is 4. The van der Waals surface area contributed by atoms with Crippen LogP contribution in [-0.2, 0) is 24.9 Å². The van der Waals surface area contributed by atoms with Gasteiger partial charge in [0.2, 0.25) is 5.88 Å². The van der Waals surface area contributed by atoms with E-state index in [4.69, 9.17) is 19.4 Å². The number of ether oxygens (including phenoxy) is 2. The molecule has 1 saturated heterocycles. The van der Waals surface area contributed by atoms with Crippen molar-refractivity contribution in [2.75, 3.05) is 20.2 Å². The van der Waals surface area contributed by atoms with Crippen LogP contribution < -0.4 is 4.74 Å². The number of esters is 1. The fourth-order valence-corrected chi connectivity index (χ4v) is 4.68. The number of likely N-dealkylation sites (tertiary alicyclic amines) is 1. The van der Waals surface area contributed by atoms with Gasteiger partial charge in [-0.05, 0) is 55.8 Å². The Morgan fingerprint density at radius 2 is 1.80 bits per heavy atom. The van der Waals surface area contributed by atoms with Crippen LogP contribution in [0.15, 0.2) is 66.7 Å². The molecule has 7 nitrogen and oxygen atoms in total. The van der Waals surface area contributed by atoms with Crippen LogP contribution in [0.25, 0.3) is 11.0 Å². The fraction of sp³-hybridized carbons (Fsp3) is 0.321. The second-order valence-electron chi connectivity index (χ2n) is 9.01. The van der Waals surface area contributed by atoms with Gasteiger partial charge in [-0.1, -0.05) is 36.4 Å². The Morgan fingerprint density at radius 3 is 2.57 bits per heavy atom. The molecule has 3 heterocycles. The third kappa shape index (κ3) is 5.20. The van der Waals surface area contributed by atoms with E-state index in [2.05, 4.69) is 27.7 Å². The molecular weight excluding hydrogens is 440 g/mol. The van der Waals surface area contributed by atoms with Gasteiger partial charge in [-0.3, -0.25) is 4.90 Å². The summed E-state index contributed by atoms with van der Waals surface area (Å²) < 4.78 is 12.9. The maximum absolute atomic E-state index is 11.9. The van der Waals surface area contributed by atoms with Crippen molar-refractivity contribution < 1.29 is 14.3 Å². The van der Waals surface area contributed by atoms with Gasteiger partial charge in [0.25, 0.3) is 0 Å². The summed E-state index contributed by atoms with van der Waals surface area (Å²) in [5.74, 6) is 1.77. The van der Waals surface area contributed by atoms with Crippen molar-refractivity contribution in [1.82, 2.24) is 19.4 Å². The number of hydrogen-bond donors (Lipinski definition) is 0. The average Bonchev–Trinajstić information content (AvgIpc) is 3.22. The zero-order valence-electron chi connectivity index (χ0n) is 20.2. The zero-order chi connectivity index (χ0) is 24.2. The first-order valence-corrected chi connectivity index (χ1v) is 12.0. The van der Waals surface area contributed by atoms with Gasteiger partial charge < -0.3 is 14.0 Å². The van der Waals surface area contributed by atoms with Crippen LogP contribution in [-0.4, -0.2) is 45.6 Å². The number of fused-ring (bicyclic) bond motifs is 1. The SMILES string of the molecule is COC(=O)c1ccc2nc(CN3CCC(c4cccc(OCc5ccccc5)n4)CC3)n(C)c2c1. The fourth-order valence-electron chi connectivity index (χ4n) is 4.68. The number of carbonyl (C=O) groups excluding carboxylic acids is 1. The number of pyridine rings is 1. The minimum atomic E-state index is -0.333. The Bertz CT molecular complexity index is 1310. The van der Waals surface area contributed by atoms with Gasteiger partial charge in [0.15, 0.2) is 0 Å². The van der Waals surface area contributed by atoms with Gasteiger partial charge in [0, 0.05) is 24.7 Å². The number of benzene rings is 2. The summed E-state index contributed by atoms with van der Waals surface area (Å²) in [7, 11) is 3.40. The Kier molecular flexibility index (Phi) is 6.77. The van der Waals surface area contributed by atoms with Gasteiger partial charge in [0.05, 0.1) is 30.3 Å². The molecule has 5 rings (SSSR count). The van der Waals surface area contributed by atoms with Crippen LogP contribution in [0.1, 0.15) is 46.2 Å². The number of piperidine rings is 1. The van der Waals surface area contributed by atoms with Crippen LogP contribution in [0.5, 0.6) is 5.88 Å². The lowest BCUT2D eigenvalue weighted by Crippen LogP contribution is -2.33. The van der Waals surface area contributed by atoms with Crippen LogP contribution in [0.3, 0.4) is 0 Å². The Hall–Kier alpha value is -3.71. The highest BCUT2D eigenvalue weighted by atomic mass is 16.5. The highest BCUT2D eigenvalue weighted by molar-refractivity contribution is 5.93. The largest absolute Gasteiger partial charge is 0.473 e. The van der Waals surface area contributed by atoms with E-state index in [-0.39, 0.29) is 5.97 Å². The van der Waals surface area contributed by atoms with Gasteiger partial charge in [-0.2, -0.15) is 0 Å². The summed E-state index contributed by atoms with van der Waals surface area (Å²) in [5, 5.41) is 0. The van der Waals surface area contributed by atoms with Gasteiger partial charge in [-0.15, -0.1) is 0 Å². The van der Waals surface area contributed by atoms with E-state index in [0.717, 1.165) is 60.6 Å². The molecule has 2 aromatic heterocycles. The Labute approximate surface area is 205 Å². The number of methoxy groups -OCH3 is 1. The van der Waals surface area contributed by atoms with E-state index in [1.165, 1.54) is 7.11 Å². The lowest BCUT2D eigenvalue weighted by atomic mass is 9.93. The Morgan fingerprint density at radius 1 is 1.00 bits per heavy atom. The molecule has 7 heteroatoms. The van der Waals surface area contributed by atoms with Crippen molar-refractivity contribution in [2.24, 2.45) is 7.05 Å². The molecule has 35 heavy (non-hydrogen) atoms. The topological polar surface area (TPSA) is 69.5 Å². The third-order valence-electron chi connectivity index (χ3n) is 6.74. The predicted octanol–water partition coefficient (Wildman–Crippen LogP) is 4.71. The molecule has 0 N–H and O–H groups in total. The molecule has 0 amide bonds. The number of carbonyl (C=O) groups is 1. The maximum atomic E-state index is 11.9. The zero-order valence-corrected chi connectivity index (χ0v) is 20.2. The minimum Gasteiger partial charge on any atom is -0.473 e. The lowest BCUT2D eigenvalue weighted by Gasteiger charge is -2.31. The number of aryl methyl sites for hydroxylation is 1. The molecule has 1 fully saturated rings. The average molecular weight is 471 g/mol. The first-order valence-electron chi connectivity index (χ1n) is 12.0. The van der Waals surface area contributed by atoms with Crippen molar-refractivity contribution in [3.63, 3.8) is 0 Å². The molecule has 0 radical (unpaired) electrons.